The Hall–Kier alpha value is 0.0200. The second kappa shape index (κ2) is 14.1. The molecule has 0 bridgehead atoms. The molecule has 0 saturated carbocycles. The molecular weight excluding hydrogens is 412 g/mol. The molecule has 0 radical (unpaired) electrons. The van der Waals surface area contributed by atoms with Crippen LogP contribution in [-0.2, 0) is 23.3 Å². The van der Waals surface area contributed by atoms with Gasteiger partial charge in [0.05, 0.1) is 0 Å². The first-order valence-electron chi connectivity index (χ1n) is 9.45. The normalized spacial score (nSPS) is 25.0. The minimum absolute atomic E-state index is 0. The number of hydrogen-bond donors (Lipinski definition) is 1. The van der Waals surface area contributed by atoms with Gasteiger partial charge in [-0.2, -0.15) is 0 Å². The number of aliphatic hydroxyl groups is 1. The Kier molecular flexibility index (Phi) is 14.1. The zero-order valence-corrected chi connectivity index (χ0v) is 20.9. The second-order valence-corrected chi connectivity index (χ2v) is 6.79. The van der Waals surface area contributed by atoms with E-state index in [4.69, 9.17) is 5.11 Å². The van der Waals surface area contributed by atoms with Gasteiger partial charge in [0.1, 0.15) is 0 Å². The van der Waals surface area contributed by atoms with Crippen molar-refractivity contribution >= 4 is 6.88 Å². The molecule has 4 aliphatic rings. The Bertz CT molecular complexity index is 498. The molecule has 0 aromatic carbocycles. The molecule has 1 nitrogen and oxygen atoms in total. The van der Waals surface area contributed by atoms with E-state index in [1.54, 1.807) is 52.6 Å². The summed E-state index contributed by atoms with van der Waals surface area (Å²) in [7, 11) is 0. The minimum atomic E-state index is 0. The van der Waals surface area contributed by atoms with Gasteiger partial charge in [0, 0.05) is 6.61 Å². The predicted octanol–water partition coefficient (Wildman–Crippen LogP) is 5.28. The Labute approximate surface area is 179 Å². The second-order valence-electron chi connectivity index (χ2n) is 6.79. The van der Waals surface area contributed by atoms with E-state index >= 15 is 0 Å². The monoisotopic (exact) mass is 447 g/mol. The Morgan fingerprint density at radius 2 is 1.23 bits per heavy atom. The summed E-state index contributed by atoms with van der Waals surface area (Å²) in [5.74, 6) is 1.28. The van der Waals surface area contributed by atoms with Crippen molar-refractivity contribution in [2.75, 3.05) is 6.61 Å². The Balaban J connectivity index is 0.000000818. The van der Waals surface area contributed by atoms with Gasteiger partial charge in [-0.1, -0.05) is 34.4 Å². The van der Waals surface area contributed by atoms with Crippen molar-refractivity contribution in [3.63, 3.8) is 0 Å². The van der Waals surface area contributed by atoms with Crippen LogP contribution in [0.3, 0.4) is 0 Å². The van der Waals surface area contributed by atoms with Crippen molar-refractivity contribution < 1.29 is 28.4 Å². The quantitative estimate of drug-likeness (QED) is 0.450. The molecule has 0 saturated heterocycles. The van der Waals surface area contributed by atoms with E-state index in [1.165, 1.54) is 51.4 Å². The van der Waals surface area contributed by atoms with Crippen LogP contribution in [0.4, 0.5) is 0 Å². The summed E-state index contributed by atoms with van der Waals surface area (Å²) < 4.78 is 0. The van der Waals surface area contributed by atoms with Crippen LogP contribution in [0.2, 0.25) is 0 Å². The average molecular weight is 449 g/mol. The summed E-state index contributed by atoms with van der Waals surface area (Å²) in [5, 5.41) is 7.57. The molecule has 0 spiro atoms. The first kappa shape index (κ1) is 26.0. The van der Waals surface area contributed by atoms with Crippen LogP contribution in [0, 0.1) is 33.1 Å². The molecule has 0 heterocycles. The van der Waals surface area contributed by atoms with Crippen LogP contribution in [0.25, 0.3) is 0 Å². The topological polar surface area (TPSA) is 20.2 Å². The molecule has 146 valence electrons. The SMILES string of the molecule is C1=CC([CH-]C2C=CC3=C2CCCC3)C2=C1CCCC2.CCO.[CH3-].[CH3-].[SiH2]=[Zr]. The fraction of sp³-hybridized carbons (Fsp3) is 0.522. The Morgan fingerprint density at radius 1 is 0.885 bits per heavy atom. The van der Waals surface area contributed by atoms with Crippen LogP contribution >= 0.6 is 0 Å². The van der Waals surface area contributed by atoms with Crippen molar-refractivity contribution in [1.82, 2.24) is 0 Å². The molecule has 0 aliphatic heterocycles. The van der Waals surface area contributed by atoms with Gasteiger partial charge in [-0.05, 0) is 58.3 Å². The van der Waals surface area contributed by atoms with Gasteiger partial charge >= 0.3 is 30.2 Å². The fourth-order valence-electron chi connectivity index (χ4n) is 4.30. The van der Waals surface area contributed by atoms with Crippen molar-refractivity contribution in [1.29, 1.82) is 0 Å². The van der Waals surface area contributed by atoms with E-state index < -0.39 is 0 Å². The van der Waals surface area contributed by atoms with Crippen LogP contribution in [0.15, 0.2) is 46.6 Å². The molecule has 0 amide bonds. The molecule has 2 unspecified atom stereocenters. The van der Waals surface area contributed by atoms with Gasteiger partial charge in [0.2, 0.25) is 0 Å². The van der Waals surface area contributed by atoms with Crippen molar-refractivity contribution in [3.8, 4) is 0 Å². The van der Waals surface area contributed by atoms with E-state index in [1.807, 2.05) is 6.88 Å². The standard InChI is InChI=1S/C19H23.C2H6O.2CH3.H2Si.Zr/c1-3-7-18-14(5-1)9-11-16(18)13-17-12-10-15-6-2-4-8-19(15)17;1-2-3;;;;/h9-13,16-17H,1-8H2;3H,2H2,1H3;2*1H3;1H2;/q-1;;2*-1;;. The van der Waals surface area contributed by atoms with Gasteiger partial charge in [0.25, 0.3) is 0 Å². The van der Waals surface area contributed by atoms with E-state index in [2.05, 4.69) is 30.7 Å². The van der Waals surface area contributed by atoms with Crippen molar-refractivity contribution in [2.24, 2.45) is 11.8 Å². The molecule has 1 N–H and O–H groups in total. The number of allylic oxidation sites excluding steroid dienone is 8. The first-order chi connectivity index (χ1) is 11.8. The zero-order chi connectivity index (χ0) is 17.4. The van der Waals surface area contributed by atoms with Crippen LogP contribution < -0.4 is 0 Å². The summed E-state index contributed by atoms with van der Waals surface area (Å²) in [6.07, 6.45) is 23.3. The van der Waals surface area contributed by atoms with Gasteiger partial charge < -0.3 is 26.4 Å². The first-order valence-corrected chi connectivity index (χ1v) is 15.4. The maximum absolute atomic E-state index is 7.57. The summed E-state index contributed by atoms with van der Waals surface area (Å²) >= 11 is 1.58. The molecule has 0 fully saturated rings. The average Bonchev–Trinajstić information content (AvgIpc) is 3.23. The van der Waals surface area contributed by atoms with Crippen molar-refractivity contribution in [2.45, 2.75) is 58.3 Å². The summed E-state index contributed by atoms with van der Waals surface area (Å²) in [6, 6.07) is 0. The van der Waals surface area contributed by atoms with Crippen LogP contribution in [0.5, 0.6) is 0 Å². The predicted molar refractivity (Wildman–Crippen MR) is 115 cm³/mol. The zero-order valence-electron chi connectivity index (χ0n) is 17.1. The summed E-state index contributed by atoms with van der Waals surface area (Å²) in [6.45, 7) is 3.88. The number of rotatable bonds is 2. The third kappa shape index (κ3) is 6.57. The van der Waals surface area contributed by atoms with Gasteiger partial charge in [-0.3, -0.25) is 0 Å². The van der Waals surface area contributed by atoms with E-state index in [0.29, 0.717) is 11.8 Å². The number of aliphatic hydroxyl groups excluding tert-OH is 1. The molecule has 26 heavy (non-hydrogen) atoms. The van der Waals surface area contributed by atoms with Gasteiger partial charge in [-0.25, -0.2) is 0 Å². The van der Waals surface area contributed by atoms with Gasteiger partial charge in [-0.15, -0.1) is 24.0 Å². The van der Waals surface area contributed by atoms with E-state index in [0.717, 1.165) is 0 Å². The fourth-order valence-corrected chi connectivity index (χ4v) is 4.30. The number of hydrogen-bond acceptors (Lipinski definition) is 1. The maximum atomic E-state index is 7.57. The molecule has 2 atom stereocenters. The van der Waals surface area contributed by atoms with E-state index in [9.17, 15) is 0 Å². The van der Waals surface area contributed by atoms with E-state index in [-0.39, 0.29) is 21.5 Å². The van der Waals surface area contributed by atoms with Crippen LogP contribution in [0.1, 0.15) is 58.3 Å². The molecule has 0 aromatic heterocycles. The molecule has 4 aliphatic carbocycles. The third-order valence-electron chi connectivity index (χ3n) is 5.34. The van der Waals surface area contributed by atoms with Crippen molar-refractivity contribution in [3.05, 3.63) is 67.9 Å². The van der Waals surface area contributed by atoms with Gasteiger partial charge in [0.15, 0.2) is 0 Å². The Morgan fingerprint density at radius 3 is 1.62 bits per heavy atom. The molecular formula is C23H37OSiZr-3. The summed E-state index contributed by atoms with van der Waals surface area (Å²) in [5.41, 5.74) is 6.80. The molecule has 4 rings (SSSR count). The molecule has 0 aromatic rings. The van der Waals surface area contributed by atoms with Crippen LogP contribution in [-0.4, -0.2) is 18.6 Å². The molecule has 3 heteroatoms. The third-order valence-corrected chi connectivity index (χ3v) is 5.34. The summed E-state index contributed by atoms with van der Waals surface area (Å²) in [4.78, 5) is 0.